The first-order chi connectivity index (χ1) is 69.9. The molecule has 0 radical (unpaired) electrons. The Labute approximate surface area is 875 Å². The summed E-state index contributed by atoms with van der Waals surface area (Å²) in [5.74, 6) is 13.3. The first kappa shape index (κ1) is 103. The first-order valence-corrected chi connectivity index (χ1v) is 55.2. The van der Waals surface area contributed by atoms with E-state index in [1.165, 1.54) is 87.5 Å². The van der Waals surface area contributed by atoms with Gasteiger partial charge in [-0.1, -0.05) is 63.6 Å². The van der Waals surface area contributed by atoms with Crippen molar-refractivity contribution in [2.45, 2.75) is 154 Å². The summed E-state index contributed by atoms with van der Waals surface area (Å²) in [6.45, 7) is 35.2. The maximum Gasteiger partial charge on any atom is 0.166 e. The van der Waals surface area contributed by atoms with E-state index in [0.29, 0.717) is 68.0 Å². The Morgan fingerprint density at radius 2 is 0.748 bits per heavy atom. The third-order valence-electron chi connectivity index (χ3n) is 25.8. The Morgan fingerprint density at radius 3 is 1.11 bits per heavy atom. The van der Waals surface area contributed by atoms with Crippen LogP contribution >= 0.6 is 68.0 Å². The topological polar surface area (TPSA) is 301 Å². The van der Waals surface area contributed by atoms with Gasteiger partial charge in [0.25, 0.3) is 0 Å². The molecule has 6 N–H and O–H groups in total. The molecule has 2 aliphatic heterocycles. The van der Waals surface area contributed by atoms with E-state index in [-0.39, 0.29) is 19.1 Å². The van der Waals surface area contributed by atoms with Gasteiger partial charge in [0.15, 0.2) is 46.4 Å². The Kier molecular flexibility index (Phi) is 29.9. The predicted octanol–water partition coefficient (Wildman–Crippen LogP) is 25.3. The third-order valence-corrected chi connectivity index (χ3v) is 33.5. The van der Waals surface area contributed by atoms with E-state index < -0.39 is 9.52 Å². The Hall–Kier alpha value is -13.8. The number of nitrogens with one attached hydrogen (secondary N) is 6. The van der Waals surface area contributed by atoms with E-state index in [0.717, 1.165) is 210 Å². The SMILES string of the molecule is C.C#Cc1ccc(F)c(CNc2nn(C)c3c2sc2nc(C)cc(C)c23)c1.C=S(C)(=O)c1ccc(CNc2nn(C)c3c2sc2nc(C)cc(C)c23)cc1.Cc1cc(C)c2c(n1)sc1c(NC3CCOC3)nn(C)c12.Cc1cc(C)c2c(n1)sc1c(NCCC(C)C)nn(C)c12.Cc1cc(C)c2c(n1)sc1c(NCc3ccc4c(c3)OCCO4)nn(C)c12.Cc1cc(C)c2c(n1)sc1c(NCc3ccccc3F)nn(C)c12. The molecule has 0 spiro atoms. The van der Waals surface area contributed by atoms with Crippen molar-refractivity contribution in [1.29, 1.82) is 0 Å². The second-order valence-corrected chi connectivity index (χ2v) is 46.4. The highest BCUT2D eigenvalue weighted by atomic mass is 32.2. The van der Waals surface area contributed by atoms with Gasteiger partial charge >= 0.3 is 0 Å². The minimum atomic E-state index is -2.18. The first-order valence-electron chi connectivity index (χ1n) is 48.2. The van der Waals surface area contributed by atoms with Crippen molar-refractivity contribution in [1.82, 2.24) is 88.6 Å². The molecule has 760 valence electrons. The van der Waals surface area contributed by atoms with Crippen molar-refractivity contribution in [2.24, 2.45) is 48.2 Å². The van der Waals surface area contributed by atoms with E-state index in [9.17, 15) is 13.0 Å². The lowest BCUT2D eigenvalue weighted by Crippen LogP contribution is -2.19. The second kappa shape index (κ2) is 42.5. The molecule has 18 aromatic heterocycles. The quantitative estimate of drug-likeness (QED) is 0.0324. The van der Waals surface area contributed by atoms with Crippen molar-refractivity contribution in [3.63, 3.8) is 0 Å². The number of hydrogen-bond acceptors (Lipinski definition) is 28. The van der Waals surface area contributed by atoms with Crippen LogP contribution in [0.25, 0.3) is 123 Å². The summed E-state index contributed by atoms with van der Waals surface area (Å²) >= 11 is 10.1. The molecule has 1 fully saturated rings. The molecule has 37 heteroatoms. The number of aromatic nitrogens is 18. The summed E-state index contributed by atoms with van der Waals surface area (Å²) in [4.78, 5) is 35.2. The lowest BCUT2D eigenvalue weighted by Gasteiger charge is -2.18. The van der Waals surface area contributed by atoms with Crippen LogP contribution in [0, 0.1) is 113 Å². The monoisotopic (exact) mass is 2100 g/mol. The lowest BCUT2D eigenvalue weighted by atomic mass is 10.1. The van der Waals surface area contributed by atoms with Crippen LogP contribution in [0.5, 0.6) is 11.5 Å². The minimum Gasteiger partial charge on any atom is -0.486 e. The number of fused-ring (bicyclic) bond motifs is 19. The Morgan fingerprint density at radius 1 is 0.415 bits per heavy atom. The molecule has 0 bridgehead atoms. The van der Waals surface area contributed by atoms with Crippen LogP contribution in [0.3, 0.4) is 0 Å². The Bertz CT molecular complexity index is 8980. The van der Waals surface area contributed by atoms with Gasteiger partial charge < -0.3 is 46.1 Å². The molecule has 2 aliphatic rings. The summed E-state index contributed by atoms with van der Waals surface area (Å²) in [6.07, 6.45) is 9.26. The number of anilines is 6. The fourth-order valence-electron chi connectivity index (χ4n) is 19.1. The standard InChI is InChI=1S/C20H17FN4S.C20H20N4O2S.C20H22N4OS2.C18H17FN4S.C16H22N4S.C15H18N4OS.CH4/c1-5-13-6-7-15(21)14(9-13)10-22-19-18-17(25(4)24-19)16-11(2)8-12(3)23-20(16)26-18;1-11-8-12(2)22-20-16(11)17-18(27-20)19(23-24(17)3)21-10-13-4-5-14-15(9-13)26-7-6-25-14;1-12-10-13(2)22-20-16(12)17-18(26-20)19(23-24(17)3)21-11-14-6-8-15(9-7-14)27(4,5)25;1-10-8-11(2)21-18-14(10)15-16(24-18)17(22-23(15)3)20-9-12-6-4-5-7-13(12)19;1-9(2)6-7-17-15-14-13(20(5)19-15)12-10(3)8-11(4)18-16(12)21-14;1-8-6-9(2)16-15-11(8)12-13(21-15)14(18-19(12)3)17-10-4-5-20-7-10;/h1,6-9H,10H2,2-4H3,(H,22,24);4-5,8-9H,6-7,10H2,1-3H3,(H,21,23);6-10H,4,11H2,1-3,5H3,(H,21,23);4-8H,9H2,1-3H3,(H,20,22);8-9H,6-7H2,1-5H3,(H,17,19);6,10H,4-5,7H2,1-3H3,(H,17,18);1H4. The molecule has 147 heavy (non-hydrogen) atoms. The lowest BCUT2D eigenvalue weighted by molar-refractivity contribution is 0.171. The molecule has 0 aliphatic carbocycles. The number of ether oxygens (including phenoxy) is 3. The normalized spacial score (nSPS) is 13.3. The van der Waals surface area contributed by atoms with Crippen LogP contribution in [0.1, 0.15) is 129 Å². The summed E-state index contributed by atoms with van der Waals surface area (Å²) in [6, 6.07) is 38.3. The fourth-order valence-corrected chi connectivity index (χ4v) is 27.5. The number of hydrogen-bond donors (Lipinski definition) is 6. The molecule has 24 rings (SSSR count). The third kappa shape index (κ3) is 21.2. The largest absolute Gasteiger partial charge is 0.486 e. The second-order valence-electron chi connectivity index (χ2n) is 38.0. The molecule has 1 saturated heterocycles. The summed E-state index contributed by atoms with van der Waals surface area (Å²) in [5.41, 5.74) is 24.5. The van der Waals surface area contributed by atoms with Crippen molar-refractivity contribution in [3.8, 4) is 23.8 Å². The molecule has 28 nitrogen and oxygen atoms in total. The van der Waals surface area contributed by atoms with E-state index in [2.05, 4.69) is 194 Å². The van der Waals surface area contributed by atoms with Crippen LogP contribution < -0.4 is 41.4 Å². The van der Waals surface area contributed by atoms with Gasteiger partial charge in [0.05, 0.1) is 73.9 Å². The molecule has 0 saturated carbocycles. The highest BCUT2D eigenvalue weighted by Gasteiger charge is 2.28. The average Bonchev–Trinajstić information content (AvgIpc) is 1.61. The molecular formula is C110H120F2N24O4S7. The average molecular weight is 2100 g/mol. The van der Waals surface area contributed by atoms with Crippen molar-refractivity contribution in [3.05, 3.63) is 228 Å². The molecule has 2 unspecified atom stereocenters. The van der Waals surface area contributed by atoms with Crippen LogP contribution in [-0.2, 0) is 82.7 Å². The van der Waals surface area contributed by atoms with E-state index in [4.69, 9.17) is 35.7 Å². The van der Waals surface area contributed by atoms with Gasteiger partial charge in [-0.25, -0.2) is 38.7 Å². The Balaban J connectivity index is 0.000000116. The number of pyridine rings is 6. The number of aryl methyl sites for hydroxylation is 18. The molecule has 2 atom stereocenters. The number of terminal acetylenes is 1. The zero-order chi connectivity index (χ0) is 103. The smallest absolute Gasteiger partial charge is 0.166 e. The molecular weight excluding hydrogens is 1980 g/mol. The van der Waals surface area contributed by atoms with Gasteiger partial charge in [0.1, 0.15) is 53.8 Å². The van der Waals surface area contributed by atoms with Gasteiger partial charge in [-0.05, 0) is 247 Å². The molecule has 4 aromatic carbocycles. The number of nitrogens with zero attached hydrogens (tertiary/aromatic N) is 18. The van der Waals surface area contributed by atoms with E-state index >= 15 is 0 Å². The number of rotatable bonds is 19. The fraction of sp³-hybridized carbons (Fsp3) is 0.318. The highest BCUT2D eigenvalue weighted by Crippen LogP contribution is 2.47. The molecule has 0 amide bonds. The zero-order valence-corrected chi connectivity index (χ0v) is 91.3. The molecule has 20 heterocycles. The van der Waals surface area contributed by atoms with Gasteiger partial charge in [0, 0.05) is 176 Å². The van der Waals surface area contributed by atoms with Crippen molar-refractivity contribution < 1.29 is 27.2 Å². The van der Waals surface area contributed by atoms with E-state index in [1.54, 1.807) is 98.5 Å². The summed E-state index contributed by atoms with van der Waals surface area (Å²) < 4.78 is 74.9. The van der Waals surface area contributed by atoms with Gasteiger partial charge in [0.2, 0.25) is 0 Å². The van der Waals surface area contributed by atoms with Crippen LogP contribution in [0.4, 0.5) is 43.7 Å². The number of halogens is 2. The highest BCUT2D eigenvalue weighted by molar-refractivity contribution is 7.99. The predicted molar refractivity (Wildman–Crippen MR) is 611 cm³/mol. The maximum absolute atomic E-state index is 14.1. The molecule has 22 aromatic rings. The number of benzene rings is 4. The van der Waals surface area contributed by atoms with Gasteiger partial charge in [-0.15, -0.1) is 74.4 Å². The van der Waals surface area contributed by atoms with Crippen LogP contribution in [0.2, 0.25) is 0 Å². The number of thiophene rings is 6. The maximum atomic E-state index is 14.1. The zero-order valence-electron chi connectivity index (χ0n) is 85.6. The van der Waals surface area contributed by atoms with Crippen LogP contribution in [0.15, 0.2) is 126 Å². The van der Waals surface area contributed by atoms with Gasteiger partial charge in [-0.3, -0.25) is 32.3 Å². The van der Waals surface area contributed by atoms with Gasteiger partial charge in [-0.2, -0.15) is 30.6 Å². The minimum absolute atomic E-state index is 0. The summed E-state index contributed by atoms with van der Waals surface area (Å²) in [7, 11) is 9.65. The van der Waals surface area contributed by atoms with Crippen molar-refractivity contribution in [2.75, 3.05) is 71.1 Å². The van der Waals surface area contributed by atoms with E-state index in [1.807, 2.05) is 147 Å². The summed E-state index contributed by atoms with van der Waals surface area (Å²) in [5, 5.41) is 55.4. The van der Waals surface area contributed by atoms with Crippen molar-refractivity contribution >= 4 is 241 Å². The van der Waals surface area contributed by atoms with Crippen LogP contribution in [-0.4, -0.2) is 144 Å².